The average Bonchev–Trinajstić information content (AvgIpc) is 2.17. The lowest BCUT2D eigenvalue weighted by atomic mass is 10.0. The van der Waals surface area contributed by atoms with Gasteiger partial charge in [-0.2, -0.15) is 10.2 Å². The Balaban J connectivity index is 2.58. The highest BCUT2D eigenvalue weighted by atomic mass is 35.5. The normalized spacial score (nSPS) is 18.7. The maximum atomic E-state index is 11.7. The highest BCUT2D eigenvalue weighted by Crippen LogP contribution is 2.32. The molecule has 1 aliphatic heterocycles. The van der Waals surface area contributed by atoms with Crippen molar-refractivity contribution in [2.24, 2.45) is 10.2 Å². The second kappa shape index (κ2) is 3.43. The molecule has 1 aromatic rings. The minimum absolute atomic E-state index is 0.126. The Morgan fingerprint density at radius 3 is 2.87 bits per heavy atom. The lowest BCUT2D eigenvalue weighted by Gasteiger charge is -2.13. The predicted octanol–water partition coefficient (Wildman–Crippen LogP) is 2.07. The monoisotopic (exact) mass is 224 g/mol. The molecule has 1 heterocycles. The first-order chi connectivity index (χ1) is 7.11. The van der Waals surface area contributed by atoms with Crippen LogP contribution in [0.2, 0.25) is 5.02 Å². The summed E-state index contributed by atoms with van der Waals surface area (Å²) in [7, 11) is 0. The van der Waals surface area contributed by atoms with Crippen LogP contribution < -0.4 is 0 Å². The van der Waals surface area contributed by atoms with E-state index in [1.807, 2.05) is 0 Å². The van der Waals surface area contributed by atoms with E-state index >= 15 is 0 Å². The van der Waals surface area contributed by atoms with Gasteiger partial charge in [0.25, 0.3) is 0 Å². The molecule has 2 rings (SSSR count). The summed E-state index contributed by atoms with van der Waals surface area (Å²) in [6.07, 6.45) is 0. The maximum absolute atomic E-state index is 11.7. The number of fused-ring (bicyclic) bond motifs is 1. The van der Waals surface area contributed by atoms with E-state index in [-0.39, 0.29) is 10.6 Å². The van der Waals surface area contributed by atoms with Gasteiger partial charge in [0.05, 0.1) is 16.3 Å². The molecule has 0 radical (unpaired) electrons. The van der Waals surface area contributed by atoms with Crippen LogP contribution in [0, 0.1) is 0 Å². The number of carboxylic acid groups (broad SMARTS) is 1. The van der Waals surface area contributed by atoms with E-state index in [2.05, 4.69) is 10.2 Å². The molecule has 15 heavy (non-hydrogen) atoms. The first-order valence-corrected chi connectivity index (χ1v) is 4.45. The molecule has 6 heteroatoms. The van der Waals surface area contributed by atoms with Crippen molar-refractivity contribution in [3.63, 3.8) is 0 Å². The molecule has 1 N–H and O–H groups in total. The number of benzene rings is 1. The molecule has 0 spiro atoms. The molecule has 5 nitrogen and oxygen atoms in total. The summed E-state index contributed by atoms with van der Waals surface area (Å²) in [5, 5.41) is 16.0. The maximum Gasteiger partial charge on any atom is 0.338 e. The largest absolute Gasteiger partial charge is 0.479 e. The Morgan fingerprint density at radius 1 is 1.47 bits per heavy atom. The lowest BCUT2D eigenvalue weighted by molar-refractivity contribution is -0.137. The van der Waals surface area contributed by atoms with Crippen molar-refractivity contribution < 1.29 is 14.7 Å². The number of carboxylic acids is 1. The Kier molecular flexibility index (Phi) is 2.24. The fourth-order valence-corrected chi connectivity index (χ4v) is 1.57. The van der Waals surface area contributed by atoms with Gasteiger partial charge in [-0.15, -0.1) is 0 Å². The van der Waals surface area contributed by atoms with Gasteiger partial charge in [-0.05, 0) is 12.1 Å². The second-order valence-corrected chi connectivity index (χ2v) is 3.36. The standard InChI is InChI=1S/C9H5ClN2O3/c10-4-2-1-3-5-6(4)8(13)7(9(14)15)12-11-5/h1-3,7H,(H,14,15). The van der Waals surface area contributed by atoms with Crippen molar-refractivity contribution in [2.45, 2.75) is 6.04 Å². The van der Waals surface area contributed by atoms with Gasteiger partial charge in [-0.1, -0.05) is 17.7 Å². The fraction of sp³-hybridized carbons (Fsp3) is 0.111. The number of azo groups is 1. The first-order valence-electron chi connectivity index (χ1n) is 4.07. The summed E-state index contributed by atoms with van der Waals surface area (Å²) in [5.41, 5.74) is 0.437. The zero-order valence-corrected chi connectivity index (χ0v) is 8.10. The van der Waals surface area contributed by atoms with E-state index < -0.39 is 17.8 Å². The molecule has 1 aliphatic rings. The predicted molar refractivity (Wildman–Crippen MR) is 51.7 cm³/mol. The summed E-state index contributed by atoms with van der Waals surface area (Å²) < 4.78 is 0. The number of hydrogen-bond donors (Lipinski definition) is 1. The zero-order valence-electron chi connectivity index (χ0n) is 7.35. The van der Waals surface area contributed by atoms with E-state index in [4.69, 9.17) is 16.7 Å². The quantitative estimate of drug-likeness (QED) is 0.742. The summed E-state index contributed by atoms with van der Waals surface area (Å²) >= 11 is 5.79. The number of carbonyl (C=O) groups excluding carboxylic acids is 1. The van der Waals surface area contributed by atoms with Gasteiger partial charge in [-0.25, -0.2) is 4.79 Å². The number of nitrogens with zero attached hydrogens (tertiary/aromatic N) is 2. The Labute approximate surface area is 89.4 Å². The number of hydrogen-bond acceptors (Lipinski definition) is 4. The average molecular weight is 225 g/mol. The van der Waals surface area contributed by atoms with Crippen LogP contribution in [0.15, 0.2) is 28.4 Å². The molecular weight excluding hydrogens is 220 g/mol. The molecule has 0 amide bonds. The van der Waals surface area contributed by atoms with Crippen LogP contribution in [-0.2, 0) is 4.79 Å². The summed E-state index contributed by atoms with van der Waals surface area (Å²) in [4.78, 5) is 22.3. The van der Waals surface area contributed by atoms with Gasteiger partial charge in [0.15, 0.2) is 0 Å². The lowest BCUT2D eigenvalue weighted by Crippen LogP contribution is -2.29. The summed E-state index contributed by atoms with van der Waals surface area (Å²) in [6.45, 7) is 0. The third-order valence-electron chi connectivity index (χ3n) is 2.00. The highest BCUT2D eigenvalue weighted by molar-refractivity contribution is 6.35. The van der Waals surface area contributed by atoms with E-state index in [1.54, 1.807) is 12.1 Å². The number of rotatable bonds is 1. The highest BCUT2D eigenvalue weighted by Gasteiger charge is 2.33. The molecule has 1 unspecified atom stereocenters. The minimum atomic E-state index is -1.47. The molecule has 0 fully saturated rings. The third kappa shape index (κ3) is 1.50. The van der Waals surface area contributed by atoms with Crippen molar-refractivity contribution in [2.75, 3.05) is 0 Å². The van der Waals surface area contributed by atoms with E-state index in [9.17, 15) is 9.59 Å². The SMILES string of the molecule is O=C(O)C1N=Nc2cccc(Cl)c2C1=O. The molecule has 0 bridgehead atoms. The molecule has 0 aliphatic carbocycles. The third-order valence-corrected chi connectivity index (χ3v) is 2.32. The molecular formula is C9H5ClN2O3. The number of ketones is 1. The number of aliphatic carboxylic acids is 1. The second-order valence-electron chi connectivity index (χ2n) is 2.95. The Hall–Kier alpha value is -1.75. The smallest absolute Gasteiger partial charge is 0.338 e. The zero-order chi connectivity index (χ0) is 11.0. The van der Waals surface area contributed by atoms with Crippen molar-refractivity contribution in [1.82, 2.24) is 0 Å². The van der Waals surface area contributed by atoms with Gasteiger partial charge in [0, 0.05) is 0 Å². The molecule has 1 atom stereocenters. The fourth-order valence-electron chi connectivity index (χ4n) is 1.31. The topological polar surface area (TPSA) is 79.1 Å². The summed E-state index contributed by atoms with van der Waals surface area (Å²) in [6, 6.07) is 3.21. The molecule has 76 valence electrons. The van der Waals surface area contributed by atoms with Gasteiger partial charge >= 0.3 is 5.97 Å². The van der Waals surface area contributed by atoms with Crippen LogP contribution in [0.5, 0.6) is 0 Å². The summed E-state index contributed by atoms with van der Waals surface area (Å²) in [5.74, 6) is -1.95. The minimum Gasteiger partial charge on any atom is -0.479 e. The molecule has 0 saturated carbocycles. The number of Topliss-reactive ketones (excluding diaryl/α,β-unsaturated/α-hetero) is 1. The first kappa shape index (κ1) is 9.79. The van der Waals surface area contributed by atoms with Gasteiger partial charge in [0.2, 0.25) is 11.8 Å². The van der Waals surface area contributed by atoms with Crippen molar-refractivity contribution in [1.29, 1.82) is 0 Å². The Bertz CT molecular complexity index is 484. The van der Waals surface area contributed by atoms with E-state index in [1.165, 1.54) is 6.07 Å². The number of halogens is 1. The molecule has 1 aromatic carbocycles. The van der Waals surface area contributed by atoms with Gasteiger partial charge in [-0.3, -0.25) is 4.79 Å². The van der Waals surface area contributed by atoms with Crippen LogP contribution in [0.3, 0.4) is 0 Å². The molecule has 0 saturated heterocycles. The van der Waals surface area contributed by atoms with Gasteiger partial charge in [0.1, 0.15) is 0 Å². The van der Waals surface area contributed by atoms with Crippen LogP contribution in [0.1, 0.15) is 10.4 Å². The molecule has 0 aromatic heterocycles. The van der Waals surface area contributed by atoms with Crippen molar-refractivity contribution in [3.05, 3.63) is 28.8 Å². The van der Waals surface area contributed by atoms with Crippen molar-refractivity contribution >= 4 is 29.0 Å². The van der Waals surface area contributed by atoms with Crippen LogP contribution in [-0.4, -0.2) is 22.9 Å². The van der Waals surface area contributed by atoms with Crippen LogP contribution in [0.4, 0.5) is 5.69 Å². The van der Waals surface area contributed by atoms with Crippen LogP contribution in [0.25, 0.3) is 0 Å². The van der Waals surface area contributed by atoms with Crippen molar-refractivity contribution in [3.8, 4) is 0 Å². The van der Waals surface area contributed by atoms with E-state index in [0.717, 1.165) is 0 Å². The van der Waals surface area contributed by atoms with Gasteiger partial charge < -0.3 is 5.11 Å². The number of carbonyl (C=O) groups is 2. The Morgan fingerprint density at radius 2 is 2.20 bits per heavy atom. The van der Waals surface area contributed by atoms with Crippen LogP contribution >= 0.6 is 11.6 Å². The van der Waals surface area contributed by atoms with E-state index in [0.29, 0.717) is 5.69 Å².